The van der Waals surface area contributed by atoms with Gasteiger partial charge in [0.2, 0.25) is 0 Å². The molecule has 0 radical (unpaired) electrons. The van der Waals surface area contributed by atoms with E-state index in [1.165, 1.54) is 24.3 Å². The molecule has 0 saturated carbocycles. The molecule has 0 aliphatic carbocycles. The van der Waals surface area contributed by atoms with Crippen LogP contribution in [-0.4, -0.2) is 14.0 Å². The van der Waals surface area contributed by atoms with E-state index in [0.717, 1.165) is 18.4 Å². The molecule has 1 heterocycles. The molecule has 2 aromatic carbocycles. The van der Waals surface area contributed by atoms with Gasteiger partial charge in [0.25, 0.3) is 10.0 Å². The Labute approximate surface area is 135 Å². The topological polar surface area (TPSA) is 55.4 Å². The van der Waals surface area contributed by atoms with Crippen LogP contribution in [0.3, 0.4) is 0 Å². The first-order valence-corrected chi connectivity index (χ1v) is 8.84. The fourth-order valence-corrected chi connectivity index (χ4v) is 3.67. The molecule has 0 amide bonds. The minimum atomic E-state index is -3.84. The molecule has 3 rings (SSSR count). The molecule has 0 atom stereocenters. The summed E-state index contributed by atoms with van der Waals surface area (Å²) in [5.74, 6) is 0.0882. The summed E-state index contributed by atoms with van der Waals surface area (Å²) in [5.41, 5.74) is 0.530. The summed E-state index contributed by atoms with van der Waals surface area (Å²) in [6, 6.07) is 10.4. The number of sulfonamides is 1. The van der Waals surface area contributed by atoms with Crippen molar-refractivity contribution < 1.29 is 17.5 Å². The zero-order valence-electron chi connectivity index (χ0n) is 13.0. The molecule has 6 heteroatoms. The molecule has 0 fully saturated rings. The van der Waals surface area contributed by atoms with Gasteiger partial charge in [-0.1, -0.05) is 12.1 Å². The zero-order chi connectivity index (χ0) is 16.7. The third-order valence-corrected chi connectivity index (χ3v) is 5.21. The molecule has 1 N–H and O–H groups in total. The molecule has 0 spiro atoms. The fraction of sp³-hybridized carbons (Fsp3) is 0.294. The Morgan fingerprint density at radius 3 is 2.65 bits per heavy atom. The summed E-state index contributed by atoms with van der Waals surface area (Å²) in [5, 5.41) is 0. The second-order valence-electron chi connectivity index (χ2n) is 6.22. The Hall–Kier alpha value is -2.08. The van der Waals surface area contributed by atoms with E-state index in [0.29, 0.717) is 5.75 Å². The molecule has 1 aliphatic rings. The molecular weight excluding hydrogens is 317 g/mol. The van der Waals surface area contributed by atoms with Crippen LogP contribution < -0.4 is 9.46 Å². The third kappa shape index (κ3) is 3.32. The summed E-state index contributed by atoms with van der Waals surface area (Å²) < 4.78 is 46.7. The van der Waals surface area contributed by atoms with Crippen LogP contribution >= 0.6 is 0 Å². The van der Waals surface area contributed by atoms with Gasteiger partial charge in [-0.05, 0) is 62.6 Å². The van der Waals surface area contributed by atoms with E-state index in [1.54, 1.807) is 18.2 Å². The van der Waals surface area contributed by atoms with Crippen LogP contribution in [0.1, 0.15) is 25.8 Å². The van der Waals surface area contributed by atoms with Crippen LogP contribution in [0, 0.1) is 5.82 Å². The first-order valence-electron chi connectivity index (χ1n) is 7.36. The third-order valence-electron chi connectivity index (χ3n) is 3.84. The highest BCUT2D eigenvalue weighted by Crippen LogP contribution is 2.34. The number of hydrogen-bond acceptors (Lipinski definition) is 3. The highest BCUT2D eigenvalue weighted by atomic mass is 32.2. The van der Waals surface area contributed by atoms with Crippen molar-refractivity contribution >= 4 is 15.7 Å². The van der Waals surface area contributed by atoms with Crippen LogP contribution in [0.4, 0.5) is 10.1 Å². The van der Waals surface area contributed by atoms with Crippen molar-refractivity contribution in [1.29, 1.82) is 0 Å². The average molecular weight is 335 g/mol. The lowest BCUT2D eigenvalue weighted by Gasteiger charge is -2.32. The number of para-hydroxylation sites is 1. The number of hydrogen-bond donors (Lipinski definition) is 1. The Balaban J connectivity index is 1.91. The smallest absolute Gasteiger partial charge is 0.262 e. The summed E-state index contributed by atoms with van der Waals surface area (Å²) in [6.07, 6.45) is 1.55. The number of anilines is 1. The van der Waals surface area contributed by atoms with Gasteiger partial charge >= 0.3 is 0 Å². The molecule has 0 aromatic heterocycles. The van der Waals surface area contributed by atoms with E-state index < -0.39 is 15.8 Å². The molecular formula is C17H18FNO3S. The quantitative estimate of drug-likeness (QED) is 0.930. The maximum Gasteiger partial charge on any atom is 0.262 e. The lowest BCUT2D eigenvalue weighted by Crippen LogP contribution is -2.32. The number of ether oxygens (including phenoxy) is 1. The number of nitrogens with one attached hydrogen (secondary N) is 1. The molecule has 0 unspecified atom stereocenters. The monoisotopic (exact) mass is 335 g/mol. The van der Waals surface area contributed by atoms with Gasteiger partial charge in [-0.3, -0.25) is 4.72 Å². The molecule has 1 aliphatic heterocycles. The Kier molecular flexibility index (Phi) is 3.80. The van der Waals surface area contributed by atoms with Crippen LogP contribution in [0.15, 0.2) is 47.4 Å². The number of benzene rings is 2. The Morgan fingerprint density at radius 2 is 1.91 bits per heavy atom. The largest absolute Gasteiger partial charge is 0.488 e. The zero-order valence-corrected chi connectivity index (χ0v) is 13.8. The van der Waals surface area contributed by atoms with Gasteiger partial charge < -0.3 is 4.74 Å². The van der Waals surface area contributed by atoms with Crippen molar-refractivity contribution in [2.75, 3.05) is 4.72 Å². The van der Waals surface area contributed by atoms with Crippen molar-refractivity contribution in [2.24, 2.45) is 0 Å². The fourth-order valence-electron chi connectivity index (χ4n) is 2.55. The molecule has 122 valence electrons. The highest BCUT2D eigenvalue weighted by molar-refractivity contribution is 7.92. The van der Waals surface area contributed by atoms with Crippen LogP contribution in [0.25, 0.3) is 0 Å². The molecule has 2 aromatic rings. The van der Waals surface area contributed by atoms with Gasteiger partial charge in [-0.25, -0.2) is 12.8 Å². The first kappa shape index (κ1) is 15.8. The van der Waals surface area contributed by atoms with E-state index in [-0.39, 0.29) is 16.2 Å². The van der Waals surface area contributed by atoms with E-state index >= 15 is 0 Å². The van der Waals surface area contributed by atoms with Gasteiger partial charge in [0.15, 0.2) is 0 Å². The Bertz CT molecular complexity index is 847. The molecule has 0 bridgehead atoms. The highest BCUT2D eigenvalue weighted by Gasteiger charge is 2.28. The summed E-state index contributed by atoms with van der Waals surface area (Å²) in [6.45, 7) is 4.00. The van der Waals surface area contributed by atoms with Crippen LogP contribution in [0.5, 0.6) is 5.75 Å². The lowest BCUT2D eigenvalue weighted by molar-refractivity contribution is 0.0845. The van der Waals surface area contributed by atoms with E-state index in [9.17, 15) is 12.8 Å². The number of halogens is 1. The average Bonchev–Trinajstić information content (AvgIpc) is 2.48. The lowest BCUT2D eigenvalue weighted by atomic mass is 9.94. The van der Waals surface area contributed by atoms with E-state index in [1.807, 2.05) is 13.8 Å². The second-order valence-corrected chi connectivity index (χ2v) is 7.90. The predicted octanol–water partition coefficient (Wildman–Crippen LogP) is 3.73. The minimum absolute atomic E-state index is 0.0670. The van der Waals surface area contributed by atoms with Crippen molar-refractivity contribution in [3.05, 3.63) is 53.8 Å². The normalized spacial score (nSPS) is 16.3. The van der Waals surface area contributed by atoms with Gasteiger partial charge in [0, 0.05) is 0 Å². The van der Waals surface area contributed by atoms with E-state index in [4.69, 9.17) is 4.74 Å². The summed E-state index contributed by atoms with van der Waals surface area (Å²) >= 11 is 0. The van der Waals surface area contributed by atoms with Crippen LogP contribution in [-0.2, 0) is 16.4 Å². The van der Waals surface area contributed by atoms with Crippen molar-refractivity contribution in [3.63, 3.8) is 0 Å². The standard InChI is InChI=1S/C17H18FNO3S/c1-17(2)10-9-12-11-13(7-8-16(12)22-17)23(20,21)19-15-6-4-3-5-14(15)18/h3-8,11,19H,9-10H2,1-2H3. The number of aryl methyl sites for hydroxylation is 1. The minimum Gasteiger partial charge on any atom is -0.488 e. The molecule has 4 nitrogen and oxygen atoms in total. The Morgan fingerprint density at radius 1 is 1.17 bits per heavy atom. The van der Waals surface area contributed by atoms with Gasteiger partial charge in [0.05, 0.1) is 10.6 Å². The van der Waals surface area contributed by atoms with Crippen molar-refractivity contribution in [3.8, 4) is 5.75 Å². The summed E-state index contributed by atoms with van der Waals surface area (Å²) in [4.78, 5) is 0.0998. The van der Waals surface area contributed by atoms with Gasteiger partial charge in [-0.2, -0.15) is 0 Å². The maximum atomic E-state index is 13.6. The summed E-state index contributed by atoms with van der Waals surface area (Å²) in [7, 11) is -3.84. The van der Waals surface area contributed by atoms with Gasteiger partial charge in [-0.15, -0.1) is 0 Å². The molecule has 23 heavy (non-hydrogen) atoms. The number of rotatable bonds is 3. The van der Waals surface area contributed by atoms with Crippen LogP contribution in [0.2, 0.25) is 0 Å². The number of fused-ring (bicyclic) bond motifs is 1. The first-order chi connectivity index (χ1) is 10.8. The second kappa shape index (κ2) is 5.53. The SMILES string of the molecule is CC1(C)CCc2cc(S(=O)(=O)Nc3ccccc3F)ccc2O1. The van der Waals surface area contributed by atoms with Crippen molar-refractivity contribution in [1.82, 2.24) is 0 Å². The maximum absolute atomic E-state index is 13.6. The predicted molar refractivity (Wildman–Crippen MR) is 86.7 cm³/mol. The van der Waals surface area contributed by atoms with Crippen molar-refractivity contribution in [2.45, 2.75) is 37.2 Å². The van der Waals surface area contributed by atoms with E-state index in [2.05, 4.69) is 4.72 Å². The van der Waals surface area contributed by atoms with Gasteiger partial charge in [0.1, 0.15) is 17.2 Å². The molecule has 0 saturated heterocycles.